The minimum atomic E-state index is -1.12. The Morgan fingerprint density at radius 1 is 1.07 bits per heavy atom. The van der Waals surface area contributed by atoms with E-state index < -0.39 is 22.5 Å². The summed E-state index contributed by atoms with van der Waals surface area (Å²) >= 11 is 0. The Morgan fingerprint density at radius 2 is 1.82 bits per heavy atom. The van der Waals surface area contributed by atoms with Crippen LogP contribution in [0.15, 0.2) is 46.6 Å². The summed E-state index contributed by atoms with van der Waals surface area (Å²) in [6, 6.07) is 3.33. The number of rotatable bonds is 7. The Morgan fingerprint density at radius 3 is 2.52 bits per heavy atom. The van der Waals surface area contributed by atoms with Crippen LogP contribution in [0.5, 0.6) is 0 Å². The van der Waals surface area contributed by atoms with Gasteiger partial charge in [0.05, 0.1) is 30.6 Å². The maximum Gasteiger partial charge on any atom is 0.317 e. The first-order valence-corrected chi connectivity index (χ1v) is 17.0. The molecule has 0 radical (unpaired) electrons. The number of Topliss-reactive ketones (excluding diaryl/α,β-unsaturated/α-hetero) is 1. The maximum atomic E-state index is 14.4. The molecule has 2 spiro atoms. The fourth-order valence-corrected chi connectivity index (χ4v) is 11.0. The number of aliphatic hydroxyl groups excluding tert-OH is 1. The number of ether oxygens (including phenoxy) is 1. The highest BCUT2D eigenvalue weighted by atomic mass is 16.5. The van der Waals surface area contributed by atoms with Crippen LogP contribution >= 0.6 is 0 Å². The second-order valence-electron chi connectivity index (χ2n) is 15.7. The van der Waals surface area contributed by atoms with E-state index in [0.717, 1.165) is 50.5 Å². The van der Waals surface area contributed by atoms with Gasteiger partial charge >= 0.3 is 6.03 Å². The Kier molecular flexibility index (Phi) is 7.08. The Hall–Kier alpha value is -2.42. The zero-order valence-corrected chi connectivity index (χ0v) is 26.8. The SMILES string of the molecule is CC(C)NC(=O)N(C[C@H]1CCCO1)C[C@]1(O)CC[C@H]2[C@]34C=C[C@@]5(C=C3C(=O)c3ccco3)CC(O)CC[C@]5(C)[C@H]4CC[C@@]21C. The molecule has 8 nitrogen and oxygen atoms in total. The molecule has 7 aliphatic rings. The number of nitrogens with zero attached hydrogens (tertiary/aromatic N) is 1. The van der Waals surface area contributed by atoms with Gasteiger partial charge in [-0.3, -0.25) is 4.79 Å². The molecule has 4 fully saturated rings. The quantitative estimate of drug-likeness (QED) is 0.273. The van der Waals surface area contributed by atoms with Crippen LogP contribution in [0, 0.1) is 33.5 Å². The first-order chi connectivity index (χ1) is 20.9. The third-order valence-corrected chi connectivity index (χ3v) is 13.3. The number of fused-ring (bicyclic) bond motifs is 1. The topological polar surface area (TPSA) is 112 Å². The van der Waals surface area contributed by atoms with E-state index in [0.29, 0.717) is 31.8 Å². The summed E-state index contributed by atoms with van der Waals surface area (Å²) in [7, 11) is 0. The average Bonchev–Trinajstić information content (AvgIpc) is 3.74. The fraction of sp³-hybridized carbons (Fsp3) is 0.722. The minimum absolute atomic E-state index is 0.0138. The molecule has 240 valence electrons. The normalized spacial score (nSPS) is 43.8. The monoisotopic (exact) mass is 606 g/mol. The molecule has 2 heterocycles. The van der Waals surface area contributed by atoms with Crippen molar-refractivity contribution >= 4 is 11.8 Å². The Bertz CT molecular complexity index is 1360. The number of ketones is 1. The van der Waals surface area contributed by atoms with Crippen LogP contribution in [-0.4, -0.2) is 70.5 Å². The van der Waals surface area contributed by atoms with E-state index in [9.17, 15) is 19.8 Å². The molecular formula is C36H50N2O6. The van der Waals surface area contributed by atoms with Crippen LogP contribution in [0.25, 0.3) is 0 Å². The molecule has 3 N–H and O–H groups in total. The molecule has 8 rings (SSSR count). The molecule has 44 heavy (non-hydrogen) atoms. The summed E-state index contributed by atoms with van der Waals surface area (Å²) in [5, 5.41) is 26.7. The van der Waals surface area contributed by atoms with Crippen molar-refractivity contribution in [2.45, 2.75) is 109 Å². The van der Waals surface area contributed by atoms with Crippen molar-refractivity contribution in [3.05, 3.63) is 48.0 Å². The van der Waals surface area contributed by atoms with Gasteiger partial charge in [0.15, 0.2) is 5.76 Å². The van der Waals surface area contributed by atoms with Gasteiger partial charge in [-0.2, -0.15) is 0 Å². The number of aliphatic hydroxyl groups is 2. The highest BCUT2D eigenvalue weighted by Crippen LogP contribution is 2.78. The largest absolute Gasteiger partial charge is 0.461 e. The van der Waals surface area contributed by atoms with Crippen LogP contribution in [0.4, 0.5) is 4.79 Å². The van der Waals surface area contributed by atoms with Gasteiger partial charge in [0.2, 0.25) is 5.78 Å². The predicted molar refractivity (Wildman–Crippen MR) is 166 cm³/mol. The lowest BCUT2D eigenvalue weighted by Crippen LogP contribution is -2.67. The highest BCUT2D eigenvalue weighted by molar-refractivity contribution is 6.08. The van der Waals surface area contributed by atoms with E-state index in [2.05, 4.69) is 37.4 Å². The number of furan rings is 1. The van der Waals surface area contributed by atoms with Crippen molar-refractivity contribution in [1.29, 1.82) is 0 Å². The summed E-state index contributed by atoms with van der Waals surface area (Å²) in [4.78, 5) is 29.7. The molecule has 1 aromatic rings. The second-order valence-corrected chi connectivity index (χ2v) is 15.7. The van der Waals surface area contributed by atoms with E-state index in [4.69, 9.17) is 9.15 Å². The van der Waals surface area contributed by atoms with Gasteiger partial charge in [-0.25, -0.2) is 4.79 Å². The van der Waals surface area contributed by atoms with Crippen LogP contribution in [0.3, 0.4) is 0 Å². The summed E-state index contributed by atoms with van der Waals surface area (Å²) in [5.74, 6) is 0.481. The molecular weight excluding hydrogens is 556 g/mol. The van der Waals surface area contributed by atoms with E-state index in [1.54, 1.807) is 23.3 Å². The molecule has 6 aliphatic carbocycles. The standard InChI is InChI=1S/C36H50N2O6/c1-23(2)37-31(41)38(21-25-7-5-17-43-25)22-35(42)14-11-29-33(35,4)13-10-28-32(3)12-9-24(39)19-34(32)15-16-36(28,29)26(20-34)30(40)27-8-6-18-44-27/h6,8,15-16,18,20,23-25,28-29,39,42H,5,7,9-14,17,19,21-22H2,1-4H3,(H,37,41)/t24?,25-,28-,29-,32-,33+,34+,35-,36-/m1/s1. The van der Waals surface area contributed by atoms with Crippen molar-refractivity contribution in [3.63, 3.8) is 0 Å². The van der Waals surface area contributed by atoms with Gasteiger partial charge in [0.25, 0.3) is 0 Å². The van der Waals surface area contributed by atoms with Crippen molar-refractivity contribution in [3.8, 4) is 0 Å². The van der Waals surface area contributed by atoms with Crippen LogP contribution in [0.2, 0.25) is 0 Å². The number of urea groups is 1. The third kappa shape index (κ3) is 4.12. The number of carbonyl (C=O) groups excluding carboxylic acids is 2. The Labute approximate surface area is 261 Å². The molecule has 9 atom stereocenters. The molecule has 0 aromatic carbocycles. The van der Waals surface area contributed by atoms with Crippen LogP contribution in [-0.2, 0) is 4.74 Å². The number of carbonyl (C=O) groups is 2. The number of amides is 2. The van der Waals surface area contributed by atoms with Gasteiger partial charge < -0.3 is 29.6 Å². The molecule has 3 saturated carbocycles. The average molecular weight is 607 g/mol. The summed E-state index contributed by atoms with van der Waals surface area (Å²) in [5.41, 5.74) is -1.90. The smallest absolute Gasteiger partial charge is 0.317 e. The van der Waals surface area contributed by atoms with Gasteiger partial charge in [-0.05, 0) is 101 Å². The lowest BCUT2D eigenvalue weighted by molar-refractivity contribution is -0.175. The molecule has 1 aromatic heterocycles. The van der Waals surface area contributed by atoms with Crippen molar-refractivity contribution in [1.82, 2.24) is 10.2 Å². The summed E-state index contributed by atoms with van der Waals surface area (Å²) in [6.45, 7) is 9.92. The van der Waals surface area contributed by atoms with E-state index in [-0.39, 0.29) is 53.2 Å². The maximum absolute atomic E-state index is 14.4. The predicted octanol–water partition coefficient (Wildman–Crippen LogP) is 5.65. The molecule has 1 aliphatic heterocycles. The summed E-state index contributed by atoms with van der Waals surface area (Å²) < 4.78 is 11.6. The minimum Gasteiger partial charge on any atom is -0.461 e. The first-order valence-electron chi connectivity index (χ1n) is 17.0. The molecule has 2 amide bonds. The van der Waals surface area contributed by atoms with E-state index in [1.807, 2.05) is 13.8 Å². The molecule has 8 heteroatoms. The second kappa shape index (κ2) is 10.3. The van der Waals surface area contributed by atoms with Crippen LogP contribution < -0.4 is 5.32 Å². The number of hydrogen-bond donors (Lipinski definition) is 3. The van der Waals surface area contributed by atoms with Crippen molar-refractivity contribution < 1.29 is 29.0 Å². The number of hydrogen-bond acceptors (Lipinski definition) is 6. The van der Waals surface area contributed by atoms with Crippen molar-refractivity contribution in [2.75, 3.05) is 19.7 Å². The lowest BCUT2D eigenvalue weighted by atomic mass is 9.32. The first kappa shape index (κ1) is 30.2. The third-order valence-electron chi connectivity index (χ3n) is 13.3. The van der Waals surface area contributed by atoms with Gasteiger partial charge in [0, 0.05) is 41.0 Å². The fourth-order valence-electron chi connectivity index (χ4n) is 11.0. The lowest BCUT2D eigenvalue weighted by Gasteiger charge is -2.71. The van der Waals surface area contributed by atoms with Gasteiger partial charge in [-0.1, -0.05) is 32.1 Å². The van der Waals surface area contributed by atoms with Gasteiger partial charge in [0.1, 0.15) is 0 Å². The van der Waals surface area contributed by atoms with Crippen LogP contribution in [0.1, 0.15) is 96.0 Å². The molecule has 2 bridgehead atoms. The van der Waals surface area contributed by atoms with E-state index in [1.165, 1.54) is 0 Å². The van der Waals surface area contributed by atoms with Crippen molar-refractivity contribution in [2.24, 2.45) is 33.5 Å². The zero-order chi connectivity index (χ0) is 31.1. The van der Waals surface area contributed by atoms with Gasteiger partial charge in [-0.15, -0.1) is 0 Å². The number of allylic oxidation sites excluding steroid dienone is 4. The van der Waals surface area contributed by atoms with E-state index >= 15 is 0 Å². The molecule has 1 unspecified atom stereocenters. The summed E-state index contributed by atoms with van der Waals surface area (Å²) in [6.07, 6.45) is 15.2. The molecule has 1 saturated heterocycles. The zero-order valence-electron chi connectivity index (χ0n) is 26.8. The Balaban J connectivity index is 1.29. The number of nitrogens with one attached hydrogen (secondary N) is 1. The highest BCUT2D eigenvalue weighted by Gasteiger charge is 2.74.